The van der Waals surface area contributed by atoms with E-state index in [0.29, 0.717) is 25.0 Å². The molecule has 0 amide bonds. The van der Waals surface area contributed by atoms with E-state index in [-0.39, 0.29) is 12.8 Å². The van der Waals surface area contributed by atoms with Gasteiger partial charge in [-0.05, 0) is 25.7 Å². The van der Waals surface area contributed by atoms with Crippen LogP contribution in [0.5, 0.6) is 0 Å². The zero-order chi connectivity index (χ0) is 14.7. The smallest absolute Gasteiger partial charge is 0.156 e. The zero-order valence-electron chi connectivity index (χ0n) is 10.4. The van der Waals surface area contributed by atoms with E-state index in [9.17, 15) is 26.7 Å². The predicted molar refractivity (Wildman–Crippen MR) is 65.2 cm³/mol. The normalized spacial score (nSPS) is 35.2. The third-order valence-corrected chi connectivity index (χ3v) is 7.01. The molecule has 2 heterocycles. The highest BCUT2D eigenvalue weighted by Crippen LogP contribution is 2.48. The van der Waals surface area contributed by atoms with Crippen molar-refractivity contribution in [3.8, 4) is 0 Å². The second kappa shape index (κ2) is 4.21. The summed E-state index contributed by atoms with van der Waals surface area (Å²) in [6, 6.07) is 1.00. The van der Waals surface area contributed by atoms with Crippen LogP contribution in [0.1, 0.15) is 31.2 Å². The second-order valence-corrected chi connectivity index (χ2v) is 8.11. The van der Waals surface area contributed by atoms with Crippen molar-refractivity contribution in [1.29, 1.82) is 0 Å². The van der Waals surface area contributed by atoms with Gasteiger partial charge in [-0.3, -0.25) is 0 Å². The van der Waals surface area contributed by atoms with E-state index in [4.69, 9.17) is 0 Å². The second-order valence-electron chi connectivity index (χ2n) is 5.59. The van der Waals surface area contributed by atoms with Crippen molar-refractivity contribution >= 4 is 9.84 Å². The molecule has 110 valence electrons. The Hall–Kier alpha value is -1.08. The number of halogens is 3. The molecule has 3 rings (SSSR count). The molecule has 1 N–H and O–H groups in total. The summed E-state index contributed by atoms with van der Waals surface area (Å²) in [7, 11) is -3.32. The van der Waals surface area contributed by atoms with Crippen molar-refractivity contribution in [2.45, 2.75) is 41.8 Å². The van der Waals surface area contributed by atoms with E-state index < -0.39 is 49.0 Å². The predicted octanol–water partition coefficient (Wildman–Crippen LogP) is 2.03. The van der Waals surface area contributed by atoms with Gasteiger partial charge in [-0.25, -0.2) is 21.6 Å². The number of rotatable bonds is 1. The maximum Gasteiger partial charge on any atom is 0.156 e. The average Bonchev–Trinajstić information content (AvgIpc) is 2.47. The molecule has 1 aromatic carbocycles. The summed E-state index contributed by atoms with van der Waals surface area (Å²) in [5.74, 6) is -3.42. The van der Waals surface area contributed by atoms with E-state index in [1.54, 1.807) is 0 Å². The first-order valence-electron chi connectivity index (χ1n) is 6.34. The number of fused-ring (bicyclic) bond motifs is 2. The minimum absolute atomic E-state index is 0.245. The molecule has 2 aliphatic rings. The molecule has 2 atom stereocenters. The minimum Gasteiger partial charge on any atom is -0.385 e. The summed E-state index contributed by atoms with van der Waals surface area (Å²) >= 11 is 0. The lowest BCUT2D eigenvalue weighted by molar-refractivity contribution is 0.0103. The fourth-order valence-corrected chi connectivity index (χ4v) is 5.93. The summed E-state index contributed by atoms with van der Waals surface area (Å²) < 4.78 is 64.5. The Morgan fingerprint density at radius 3 is 1.95 bits per heavy atom. The summed E-state index contributed by atoms with van der Waals surface area (Å²) in [5, 5.41) is 8.98. The Labute approximate surface area is 114 Å². The van der Waals surface area contributed by atoms with Crippen molar-refractivity contribution in [2.24, 2.45) is 0 Å². The van der Waals surface area contributed by atoms with Gasteiger partial charge in [0.2, 0.25) is 0 Å². The van der Waals surface area contributed by atoms with E-state index in [1.165, 1.54) is 0 Å². The number of hydrogen-bond acceptors (Lipinski definition) is 3. The van der Waals surface area contributed by atoms with Crippen LogP contribution in [0.3, 0.4) is 0 Å². The third kappa shape index (κ3) is 1.87. The van der Waals surface area contributed by atoms with Crippen LogP contribution >= 0.6 is 0 Å². The van der Waals surface area contributed by atoms with Gasteiger partial charge in [0.1, 0.15) is 17.5 Å². The molecule has 0 aromatic heterocycles. The SMILES string of the molecule is O=S1(=O)C2CCC1CC(O)(c1c(F)cc(F)cc1F)C2. The largest absolute Gasteiger partial charge is 0.385 e. The van der Waals surface area contributed by atoms with Gasteiger partial charge < -0.3 is 5.11 Å². The van der Waals surface area contributed by atoms with Crippen LogP contribution < -0.4 is 0 Å². The molecule has 0 saturated carbocycles. The van der Waals surface area contributed by atoms with Gasteiger partial charge in [-0.2, -0.15) is 0 Å². The molecule has 7 heteroatoms. The third-order valence-electron chi connectivity index (χ3n) is 4.34. The monoisotopic (exact) mass is 306 g/mol. The highest BCUT2D eigenvalue weighted by Gasteiger charge is 2.54. The van der Waals surface area contributed by atoms with Crippen molar-refractivity contribution in [3.05, 3.63) is 35.1 Å². The molecular weight excluding hydrogens is 293 g/mol. The van der Waals surface area contributed by atoms with Crippen molar-refractivity contribution in [3.63, 3.8) is 0 Å². The van der Waals surface area contributed by atoms with E-state index >= 15 is 0 Å². The van der Waals surface area contributed by atoms with Gasteiger partial charge in [0.05, 0.1) is 21.7 Å². The van der Waals surface area contributed by atoms with Crippen LogP contribution in [0.4, 0.5) is 13.2 Å². The molecule has 20 heavy (non-hydrogen) atoms. The van der Waals surface area contributed by atoms with Gasteiger partial charge in [0, 0.05) is 12.1 Å². The minimum atomic E-state index is -3.32. The van der Waals surface area contributed by atoms with Gasteiger partial charge in [-0.15, -0.1) is 0 Å². The lowest BCUT2D eigenvalue weighted by Crippen LogP contribution is -2.44. The Bertz CT molecular complexity index is 628. The Kier molecular flexibility index (Phi) is 2.92. The molecule has 0 spiro atoms. The van der Waals surface area contributed by atoms with E-state index in [1.807, 2.05) is 0 Å². The van der Waals surface area contributed by atoms with Gasteiger partial charge >= 0.3 is 0 Å². The fourth-order valence-electron chi connectivity index (χ4n) is 3.44. The highest BCUT2D eigenvalue weighted by molar-refractivity contribution is 7.93. The lowest BCUT2D eigenvalue weighted by atomic mass is 9.85. The molecule has 2 aliphatic heterocycles. The Balaban J connectivity index is 2.08. The quantitative estimate of drug-likeness (QED) is 0.864. The van der Waals surface area contributed by atoms with Crippen LogP contribution in [0.15, 0.2) is 12.1 Å². The number of sulfone groups is 1. The Morgan fingerprint density at radius 1 is 1.05 bits per heavy atom. The first-order chi connectivity index (χ1) is 9.24. The van der Waals surface area contributed by atoms with Crippen LogP contribution in [0.2, 0.25) is 0 Å². The van der Waals surface area contributed by atoms with Crippen LogP contribution in [0.25, 0.3) is 0 Å². The first kappa shape index (κ1) is 13.9. The molecular formula is C13H13F3O3S. The molecule has 1 aromatic rings. The molecule has 0 radical (unpaired) electrons. The maximum absolute atomic E-state index is 13.8. The first-order valence-corrected chi connectivity index (χ1v) is 7.95. The van der Waals surface area contributed by atoms with Crippen LogP contribution in [-0.4, -0.2) is 24.0 Å². The molecule has 2 saturated heterocycles. The highest BCUT2D eigenvalue weighted by atomic mass is 32.2. The Morgan fingerprint density at radius 2 is 1.50 bits per heavy atom. The summed E-state index contributed by atoms with van der Waals surface area (Å²) in [6.07, 6.45) is 0.288. The maximum atomic E-state index is 13.8. The summed E-state index contributed by atoms with van der Waals surface area (Å²) in [4.78, 5) is 0. The topological polar surface area (TPSA) is 54.4 Å². The molecule has 0 aliphatic carbocycles. The summed E-state index contributed by atoms with van der Waals surface area (Å²) in [6.45, 7) is 0. The van der Waals surface area contributed by atoms with Crippen LogP contribution in [0, 0.1) is 17.5 Å². The lowest BCUT2D eigenvalue weighted by Gasteiger charge is -2.36. The molecule has 3 nitrogen and oxygen atoms in total. The molecule has 2 unspecified atom stereocenters. The fraction of sp³-hybridized carbons (Fsp3) is 0.538. The molecule has 2 fully saturated rings. The van der Waals surface area contributed by atoms with E-state index in [2.05, 4.69) is 0 Å². The number of aliphatic hydroxyl groups is 1. The number of benzene rings is 1. The zero-order valence-corrected chi connectivity index (χ0v) is 11.3. The summed E-state index contributed by atoms with van der Waals surface area (Å²) in [5.41, 5.74) is -2.51. The van der Waals surface area contributed by atoms with E-state index in [0.717, 1.165) is 0 Å². The van der Waals surface area contributed by atoms with Crippen molar-refractivity contribution in [1.82, 2.24) is 0 Å². The van der Waals surface area contributed by atoms with Crippen LogP contribution in [-0.2, 0) is 15.4 Å². The van der Waals surface area contributed by atoms with Crippen molar-refractivity contribution in [2.75, 3.05) is 0 Å². The standard InChI is InChI=1S/C13H13F3O3S/c14-7-3-10(15)12(11(16)4-7)13(17)5-8-1-2-9(6-13)20(8,18)19/h3-4,8-9,17H,1-2,5-6H2. The number of hydrogen-bond donors (Lipinski definition) is 1. The van der Waals surface area contributed by atoms with Gasteiger partial charge in [0.25, 0.3) is 0 Å². The van der Waals surface area contributed by atoms with Gasteiger partial charge in [0.15, 0.2) is 9.84 Å². The van der Waals surface area contributed by atoms with Gasteiger partial charge in [-0.1, -0.05) is 0 Å². The molecule has 2 bridgehead atoms. The van der Waals surface area contributed by atoms with Crippen molar-refractivity contribution < 1.29 is 26.7 Å². The average molecular weight is 306 g/mol.